The lowest BCUT2D eigenvalue weighted by Crippen LogP contribution is -2.68. The normalized spacial score (nSPS) is 54.1. The van der Waals surface area contributed by atoms with E-state index in [1.54, 1.807) is 0 Å². The maximum atomic E-state index is 15.3. The zero-order valence-electron chi connectivity index (χ0n) is 51.2. The lowest BCUT2D eigenvalue weighted by Gasteiger charge is -2.71. The van der Waals surface area contributed by atoms with Crippen molar-refractivity contribution in [3.8, 4) is 0 Å². The summed E-state index contributed by atoms with van der Waals surface area (Å²) in [5.41, 5.74) is -2.60. The van der Waals surface area contributed by atoms with Crippen molar-refractivity contribution in [1.29, 1.82) is 0 Å². The van der Waals surface area contributed by atoms with Crippen LogP contribution in [0.2, 0.25) is 0 Å². The van der Waals surface area contributed by atoms with Gasteiger partial charge >= 0.3 is 11.9 Å². The van der Waals surface area contributed by atoms with E-state index in [-0.39, 0.29) is 28.6 Å². The second-order valence-corrected chi connectivity index (χ2v) is 29.0. The zero-order chi connectivity index (χ0) is 65.2. The first-order chi connectivity index (χ1) is 41.7. The van der Waals surface area contributed by atoms with E-state index in [1.165, 1.54) is 6.92 Å². The third-order valence-corrected chi connectivity index (χ3v) is 23.6. The molecule has 0 unspecified atom stereocenters. The van der Waals surface area contributed by atoms with Gasteiger partial charge in [-0.15, -0.1) is 0 Å². The van der Waals surface area contributed by atoms with Crippen LogP contribution in [0.1, 0.15) is 113 Å². The Kier molecular flexibility index (Phi) is 20.1. The number of carboxylic acids is 1. The van der Waals surface area contributed by atoms with E-state index in [4.69, 9.17) is 47.4 Å². The van der Waals surface area contributed by atoms with E-state index >= 15 is 4.79 Å². The Balaban J connectivity index is 0.845. The van der Waals surface area contributed by atoms with Crippen LogP contribution in [0.15, 0.2) is 11.6 Å². The average Bonchev–Trinajstić information content (AvgIpc) is 0.823. The van der Waals surface area contributed by atoms with Gasteiger partial charge in [0.25, 0.3) is 0 Å². The fraction of sp³-hybridized carbons (Fsp3) is 0.933. The molecule has 510 valence electrons. The van der Waals surface area contributed by atoms with Crippen LogP contribution in [0, 0.1) is 50.2 Å². The van der Waals surface area contributed by atoms with E-state index < -0.39 is 220 Å². The van der Waals surface area contributed by atoms with Crippen molar-refractivity contribution in [3.05, 3.63) is 11.6 Å². The SMILES string of the molecule is C[C@@H]1O[C@@H](O[C@H]2[C@H](O)[C@@H](O)[C@H](OC[C@H]3O[C@@H](OC(=O)[C@]45CCC(C)(C)C[C@H]4C4=CC[C@@H]6[C@@]7(C)CC[C@H](O[C@@H]8O[C@H](C(=O)O)[C@@H](O)[C@H](O)[C@H]8O[C@@H]8O[C@H](CO)[C@@H](O)[C@H](O)[C@H]8O)[C@@](C)(CO)[C@@H]7CC[C@@]6(C)[C@]4(C)CC5)[C@H](O)[C@@H](O)[C@@H]3O)O[C@@H]2CO)[C@H](O)[C@H](O)[C@H]1O. The molecule has 0 aromatic heterocycles. The van der Waals surface area contributed by atoms with Crippen LogP contribution >= 0.6 is 0 Å². The molecule has 10 rings (SSSR count). The minimum atomic E-state index is -2.07. The fourth-order valence-electron chi connectivity index (χ4n) is 17.8. The van der Waals surface area contributed by atoms with Gasteiger partial charge in [-0.3, -0.25) is 4.79 Å². The first-order valence-electron chi connectivity index (χ1n) is 31.4. The number of hydrogen-bond acceptors (Lipinski definition) is 28. The minimum absolute atomic E-state index is 0.0115. The second kappa shape index (κ2) is 25.7. The minimum Gasteiger partial charge on any atom is -0.479 e. The number of esters is 1. The van der Waals surface area contributed by atoms with E-state index in [2.05, 4.69) is 40.7 Å². The fourth-order valence-corrected chi connectivity index (χ4v) is 17.8. The number of carboxylic acid groups (broad SMARTS) is 1. The molecule has 5 saturated heterocycles. The number of fused-ring (bicyclic) bond motifs is 7. The number of rotatable bonds is 15. The highest BCUT2D eigenvalue weighted by atomic mass is 16.8. The van der Waals surface area contributed by atoms with Gasteiger partial charge in [0.2, 0.25) is 6.29 Å². The highest BCUT2D eigenvalue weighted by Gasteiger charge is 2.71. The van der Waals surface area contributed by atoms with Gasteiger partial charge in [0.05, 0.1) is 44.1 Å². The number of hydrogen-bond donors (Lipinski definition) is 17. The van der Waals surface area contributed by atoms with E-state index in [0.717, 1.165) is 5.57 Å². The molecular weight excluding hydrogens is 1180 g/mol. The summed E-state index contributed by atoms with van der Waals surface area (Å²) in [5.74, 6) is -2.85. The van der Waals surface area contributed by atoms with Gasteiger partial charge in [0.15, 0.2) is 31.3 Å². The van der Waals surface area contributed by atoms with Gasteiger partial charge in [-0.2, -0.15) is 0 Å². The second-order valence-electron chi connectivity index (χ2n) is 29.0. The van der Waals surface area contributed by atoms with Crippen molar-refractivity contribution < 1.29 is 144 Å². The topological polar surface area (TPSA) is 470 Å². The summed E-state index contributed by atoms with van der Waals surface area (Å²) in [4.78, 5) is 27.7. The molecule has 0 radical (unpaired) electrons. The van der Waals surface area contributed by atoms with Crippen LogP contribution < -0.4 is 0 Å². The van der Waals surface area contributed by atoms with Crippen molar-refractivity contribution in [2.75, 3.05) is 26.4 Å². The number of aliphatic hydroxyl groups excluding tert-OH is 16. The van der Waals surface area contributed by atoms with Crippen LogP contribution in [-0.4, -0.2) is 285 Å². The molecule has 10 aliphatic rings. The maximum Gasteiger partial charge on any atom is 0.335 e. The van der Waals surface area contributed by atoms with Crippen LogP contribution in [0.5, 0.6) is 0 Å². The first-order valence-corrected chi connectivity index (χ1v) is 31.4. The van der Waals surface area contributed by atoms with Crippen LogP contribution in [0.25, 0.3) is 0 Å². The maximum absolute atomic E-state index is 15.3. The third-order valence-electron chi connectivity index (χ3n) is 23.6. The Morgan fingerprint density at radius 3 is 1.74 bits per heavy atom. The number of aliphatic carboxylic acids is 1. The molecule has 29 nitrogen and oxygen atoms in total. The molecule has 29 heteroatoms. The molecule has 0 aromatic rings. The Bertz CT molecular complexity index is 2530. The van der Waals surface area contributed by atoms with E-state index in [9.17, 15) is 91.6 Å². The number of allylic oxidation sites excluding steroid dienone is 2. The molecule has 5 aliphatic carbocycles. The van der Waals surface area contributed by atoms with Gasteiger partial charge < -0.3 is 134 Å². The van der Waals surface area contributed by atoms with Gasteiger partial charge in [-0.05, 0) is 111 Å². The van der Waals surface area contributed by atoms with Crippen LogP contribution in [0.3, 0.4) is 0 Å². The first kappa shape index (κ1) is 69.5. The number of ether oxygens (including phenoxy) is 10. The van der Waals surface area contributed by atoms with Crippen molar-refractivity contribution in [3.63, 3.8) is 0 Å². The van der Waals surface area contributed by atoms with Gasteiger partial charge in [0, 0.05) is 5.41 Å². The number of carbonyl (C=O) groups excluding carboxylic acids is 1. The predicted octanol–water partition coefficient (Wildman–Crippen LogP) is -4.12. The summed E-state index contributed by atoms with van der Waals surface area (Å²) in [6.45, 7) is 11.7. The Morgan fingerprint density at radius 2 is 1.10 bits per heavy atom. The number of aliphatic hydroxyl groups is 16. The van der Waals surface area contributed by atoms with Crippen molar-refractivity contribution in [2.45, 2.75) is 272 Å². The zero-order valence-corrected chi connectivity index (χ0v) is 51.2. The van der Waals surface area contributed by atoms with Gasteiger partial charge in [-0.1, -0.05) is 53.2 Å². The standard InChI is InChI=1S/C60H96O29/c1-23-32(64)35(67)41(73)50(81-23)86-45-27(20-62)83-49(44(76)40(45)72)80-21-28-34(66)37(69)43(75)52(84-28)89-54(79)60-16-14-55(2,3)18-25(60)24-8-9-30-56(4)12-11-31(57(5,22-63)29(56)10-13-59(30,7)58(24,6)15-17-60)85-53-47(39(71)38(70)46(87-53)48(77)78)88-51-42(74)36(68)33(65)26(19-61)82-51/h8,23,25-47,49-53,61-76H,9-22H2,1-7H3,(H,77,78)/t23-,25-,26+,27+,28+,29+,30+,31-,32-,33+,34+,35+,36-,37-,38-,39-,40+,41+,42+,43+,44+,45+,46-,47+,49+,50-,51-,52-,53+,56-,57-,58+,59+,60-/m0/s1. The predicted molar refractivity (Wildman–Crippen MR) is 296 cm³/mol. The lowest BCUT2D eigenvalue weighted by molar-refractivity contribution is -0.375. The lowest BCUT2D eigenvalue weighted by atomic mass is 9.33. The van der Waals surface area contributed by atoms with Crippen LogP contribution in [-0.2, 0) is 57.0 Å². The average molecular weight is 1280 g/mol. The van der Waals surface area contributed by atoms with Gasteiger partial charge in [-0.25, -0.2) is 4.79 Å². The van der Waals surface area contributed by atoms with E-state index in [1.807, 2.05) is 6.92 Å². The monoisotopic (exact) mass is 1280 g/mol. The molecule has 89 heavy (non-hydrogen) atoms. The summed E-state index contributed by atoms with van der Waals surface area (Å²) in [7, 11) is 0. The van der Waals surface area contributed by atoms with Crippen molar-refractivity contribution >= 4 is 11.9 Å². The van der Waals surface area contributed by atoms with Crippen molar-refractivity contribution in [2.24, 2.45) is 50.2 Å². The molecule has 5 heterocycles. The molecule has 0 bridgehead atoms. The molecule has 0 spiro atoms. The largest absolute Gasteiger partial charge is 0.479 e. The summed E-state index contributed by atoms with van der Waals surface area (Å²) in [6, 6.07) is 0. The molecule has 5 aliphatic heterocycles. The summed E-state index contributed by atoms with van der Waals surface area (Å²) >= 11 is 0. The molecule has 17 N–H and O–H groups in total. The smallest absolute Gasteiger partial charge is 0.335 e. The molecular formula is C60H96O29. The van der Waals surface area contributed by atoms with Crippen LogP contribution in [0.4, 0.5) is 0 Å². The summed E-state index contributed by atoms with van der Waals surface area (Å²) in [5, 5.41) is 183. The quantitative estimate of drug-likeness (QED) is 0.0421. The Hall–Kier alpha value is -2.32. The highest BCUT2D eigenvalue weighted by Crippen LogP contribution is 2.76. The van der Waals surface area contributed by atoms with E-state index in [0.29, 0.717) is 64.2 Å². The molecule has 0 aromatic carbocycles. The van der Waals surface area contributed by atoms with Crippen molar-refractivity contribution in [1.82, 2.24) is 0 Å². The van der Waals surface area contributed by atoms with Gasteiger partial charge in [0.1, 0.15) is 110 Å². The third kappa shape index (κ3) is 11.7. The Labute approximate surface area is 514 Å². The molecule has 0 amide bonds. The highest BCUT2D eigenvalue weighted by molar-refractivity contribution is 5.79. The number of carbonyl (C=O) groups is 2. The summed E-state index contributed by atoms with van der Waals surface area (Å²) in [6.07, 6.45) is -36.8. The molecule has 9 fully saturated rings. The molecule has 4 saturated carbocycles. The molecule has 34 atom stereocenters. The summed E-state index contributed by atoms with van der Waals surface area (Å²) < 4.78 is 58.9. The Morgan fingerprint density at radius 1 is 0.539 bits per heavy atom.